The Morgan fingerprint density at radius 2 is 1.53 bits per heavy atom. The number of carbonyl (C=O) groups excluding carboxylic acids is 2. The molecule has 0 aromatic heterocycles. The highest BCUT2D eigenvalue weighted by molar-refractivity contribution is 14.1. The molecule has 3 aromatic rings. The van der Waals surface area contributed by atoms with Gasteiger partial charge in [-0.25, -0.2) is 4.79 Å². The fourth-order valence-corrected chi connectivity index (χ4v) is 4.62. The lowest BCUT2D eigenvalue weighted by atomic mass is 10.0. The topological polar surface area (TPSA) is 58.6 Å². The molecule has 0 radical (unpaired) electrons. The third-order valence-corrected chi connectivity index (χ3v) is 6.25. The van der Waals surface area contributed by atoms with Crippen LogP contribution in [0.1, 0.15) is 56.6 Å². The molecule has 3 aromatic carbocycles. The molecular weight excluding hydrogens is 515 g/mol. The van der Waals surface area contributed by atoms with E-state index in [4.69, 9.17) is 4.74 Å². The average Bonchev–Trinajstić information content (AvgIpc) is 2.74. The van der Waals surface area contributed by atoms with Crippen LogP contribution in [-0.2, 0) is 0 Å². The molecule has 3 rings (SSSR count). The first kappa shape index (κ1) is 24.0. The highest BCUT2D eigenvalue weighted by atomic mass is 127. The first-order chi connectivity index (χ1) is 15.2. The van der Waals surface area contributed by atoms with E-state index in [1.165, 1.54) is 0 Å². The van der Waals surface area contributed by atoms with Gasteiger partial charge < -0.3 is 15.0 Å². The van der Waals surface area contributed by atoms with E-state index in [0.717, 1.165) is 14.5 Å². The zero-order valence-electron chi connectivity index (χ0n) is 19.1. The van der Waals surface area contributed by atoms with Crippen molar-refractivity contribution in [2.24, 2.45) is 0 Å². The molecule has 0 aliphatic heterocycles. The number of halogens is 1. The van der Waals surface area contributed by atoms with Crippen molar-refractivity contribution in [1.82, 2.24) is 10.2 Å². The van der Waals surface area contributed by atoms with Crippen molar-refractivity contribution < 1.29 is 14.3 Å². The fourth-order valence-electron chi connectivity index (χ4n) is 3.94. The lowest BCUT2D eigenvalue weighted by Gasteiger charge is -2.31. The maximum atomic E-state index is 13.6. The van der Waals surface area contributed by atoms with Crippen LogP contribution in [0.4, 0.5) is 4.79 Å². The number of carbonyl (C=O) groups is 2. The van der Waals surface area contributed by atoms with Crippen molar-refractivity contribution in [2.45, 2.75) is 52.7 Å². The number of amides is 2. The summed E-state index contributed by atoms with van der Waals surface area (Å²) in [5, 5.41) is 4.37. The zero-order chi connectivity index (χ0) is 23.4. The number of hydrogen-bond acceptors (Lipinski definition) is 3. The van der Waals surface area contributed by atoms with E-state index in [-0.39, 0.29) is 24.0 Å². The third kappa shape index (κ3) is 5.23. The van der Waals surface area contributed by atoms with E-state index in [9.17, 15) is 9.59 Å². The maximum absolute atomic E-state index is 13.6. The minimum Gasteiger partial charge on any atom is -0.410 e. The summed E-state index contributed by atoms with van der Waals surface area (Å²) in [5.74, 6) is 0.300. The molecule has 0 aliphatic rings. The van der Waals surface area contributed by atoms with Gasteiger partial charge in [-0.3, -0.25) is 4.79 Å². The van der Waals surface area contributed by atoms with E-state index in [1.807, 2.05) is 94.1 Å². The number of nitrogens with one attached hydrogen (secondary N) is 1. The second-order valence-electron chi connectivity index (χ2n) is 8.34. The van der Waals surface area contributed by atoms with Gasteiger partial charge in [0.25, 0.3) is 5.91 Å². The van der Waals surface area contributed by atoms with Crippen LogP contribution in [0.25, 0.3) is 10.8 Å². The van der Waals surface area contributed by atoms with Gasteiger partial charge in [-0.1, -0.05) is 48.5 Å². The maximum Gasteiger partial charge on any atom is 0.413 e. The van der Waals surface area contributed by atoms with Gasteiger partial charge in [0, 0.05) is 21.0 Å². The monoisotopic (exact) mass is 544 g/mol. The SMILES string of the molecule is CC(C)N(C(=O)c1c(I)ccc2cccc(OC(=O)N[C@@H](C)c3ccccc3)c12)C(C)C. The molecule has 0 bridgehead atoms. The second-order valence-corrected chi connectivity index (χ2v) is 9.50. The van der Waals surface area contributed by atoms with Crippen LogP contribution < -0.4 is 10.1 Å². The van der Waals surface area contributed by atoms with Gasteiger partial charge in [0.1, 0.15) is 5.75 Å². The Bertz CT molecular complexity index is 1100. The highest BCUT2D eigenvalue weighted by Crippen LogP contribution is 2.34. The first-order valence-electron chi connectivity index (χ1n) is 10.8. The molecular formula is C26H29IN2O3. The summed E-state index contributed by atoms with van der Waals surface area (Å²) in [6.07, 6.45) is -0.560. The molecule has 0 saturated heterocycles. The normalized spacial score (nSPS) is 12.1. The van der Waals surface area contributed by atoms with Crippen molar-refractivity contribution in [3.63, 3.8) is 0 Å². The van der Waals surface area contributed by atoms with Crippen LogP contribution in [0.2, 0.25) is 0 Å². The van der Waals surface area contributed by atoms with Crippen LogP contribution in [0, 0.1) is 3.57 Å². The number of ether oxygens (including phenoxy) is 1. The summed E-state index contributed by atoms with van der Waals surface area (Å²) in [7, 11) is 0. The van der Waals surface area contributed by atoms with Gasteiger partial charge in [0.15, 0.2) is 0 Å². The smallest absolute Gasteiger partial charge is 0.410 e. The van der Waals surface area contributed by atoms with E-state index in [1.54, 1.807) is 6.07 Å². The van der Waals surface area contributed by atoms with Gasteiger partial charge in [0.2, 0.25) is 0 Å². The van der Waals surface area contributed by atoms with Gasteiger partial charge in [-0.2, -0.15) is 0 Å². The third-order valence-electron chi connectivity index (χ3n) is 5.35. The Morgan fingerprint density at radius 1 is 0.875 bits per heavy atom. The number of hydrogen-bond donors (Lipinski definition) is 1. The fraction of sp³-hybridized carbons (Fsp3) is 0.308. The van der Waals surface area contributed by atoms with Gasteiger partial charge >= 0.3 is 6.09 Å². The van der Waals surface area contributed by atoms with Gasteiger partial charge in [-0.15, -0.1) is 0 Å². The Balaban J connectivity index is 1.99. The summed E-state index contributed by atoms with van der Waals surface area (Å²) in [5.41, 5.74) is 1.54. The standard InChI is InChI=1S/C26H29IN2O3/c1-16(2)29(17(3)4)25(30)24-21(27)15-14-20-12-9-13-22(23(20)24)32-26(31)28-18(5)19-10-7-6-8-11-19/h6-18H,1-5H3,(H,28,31)/t18-/m0/s1. The second kappa shape index (κ2) is 10.3. The van der Waals surface area contributed by atoms with Crippen molar-refractivity contribution in [2.75, 3.05) is 0 Å². The van der Waals surface area contributed by atoms with Crippen LogP contribution in [0.3, 0.4) is 0 Å². The van der Waals surface area contributed by atoms with Gasteiger partial charge in [-0.05, 0) is 80.3 Å². The van der Waals surface area contributed by atoms with Crippen molar-refractivity contribution >= 4 is 45.4 Å². The summed E-state index contributed by atoms with van der Waals surface area (Å²) < 4.78 is 6.56. The van der Waals surface area contributed by atoms with E-state index >= 15 is 0 Å². The summed E-state index contributed by atoms with van der Waals surface area (Å²) in [6, 6.07) is 18.9. The van der Waals surface area contributed by atoms with E-state index < -0.39 is 6.09 Å². The molecule has 0 aliphatic carbocycles. The molecule has 1 atom stereocenters. The molecule has 1 N–H and O–H groups in total. The molecule has 0 saturated carbocycles. The van der Waals surface area contributed by atoms with Crippen LogP contribution in [0.5, 0.6) is 5.75 Å². The average molecular weight is 544 g/mol. The molecule has 0 fully saturated rings. The van der Waals surface area contributed by atoms with Crippen LogP contribution in [0.15, 0.2) is 60.7 Å². The van der Waals surface area contributed by atoms with Crippen LogP contribution in [-0.4, -0.2) is 29.0 Å². The zero-order valence-corrected chi connectivity index (χ0v) is 21.2. The number of nitrogens with zero attached hydrogens (tertiary/aromatic N) is 1. The lowest BCUT2D eigenvalue weighted by Crippen LogP contribution is -2.42. The Kier molecular flexibility index (Phi) is 7.77. The molecule has 0 heterocycles. The molecule has 168 valence electrons. The quantitative estimate of drug-likeness (QED) is 0.358. The van der Waals surface area contributed by atoms with Crippen molar-refractivity contribution in [3.05, 3.63) is 75.4 Å². The first-order valence-corrected chi connectivity index (χ1v) is 11.9. The summed E-state index contributed by atoms with van der Waals surface area (Å²) in [6.45, 7) is 9.93. The number of rotatable bonds is 6. The summed E-state index contributed by atoms with van der Waals surface area (Å²) >= 11 is 2.18. The van der Waals surface area contributed by atoms with Gasteiger partial charge in [0.05, 0.1) is 11.6 Å². The predicted molar refractivity (Wildman–Crippen MR) is 137 cm³/mol. The van der Waals surface area contributed by atoms with Crippen molar-refractivity contribution in [1.29, 1.82) is 0 Å². The molecule has 5 nitrogen and oxygen atoms in total. The Morgan fingerprint density at radius 3 is 2.16 bits per heavy atom. The molecule has 0 unspecified atom stereocenters. The molecule has 6 heteroatoms. The van der Waals surface area contributed by atoms with E-state index in [2.05, 4.69) is 27.9 Å². The van der Waals surface area contributed by atoms with E-state index in [0.29, 0.717) is 16.7 Å². The lowest BCUT2D eigenvalue weighted by molar-refractivity contribution is 0.0644. The molecule has 32 heavy (non-hydrogen) atoms. The Hall–Kier alpha value is -2.61. The number of benzene rings is 3. The molecule has 0 spiro atoms. The minimum atomic E-state index is -0.560. The largest absolute Gasteiger partial charge is 0.413 e. The number of fused-ring (bicyclic) bond motifs is 1. The Labute approximate surface area is 203 Å². The predicted octanol–water partition coefficient (Wildman–Crippen LogP) is 6.55. The van der Waals surface area contributed by atoms with Crippen molar-refractivity contribution in [3.8, 4) is 5.75 Å². The highest BCUT2D eigenvalue weighted by Gasteiger charge is 2.27. The summed E-state index contributed by atoms with van der Waals surface area (Å²) in [4.78, 5) is 28.2. The molecule has 2 amide bonds. The minimum absolute atomic E-state index is 0.0386. The van der Waals surface area contributed by atoms with Crippen LogP contribution >= 0.6 is 22.6 Å².